The number of methoxy groups -OCH3 is 1. The van der Waals surface area contributed by atoms with Crippen LogP contribution in [0, 0.1) is 5.92 Å². The third-order valence-electron chi connectivity index (χ3n) is 5.08. The highest BCUT2D eigenvalue weighted by Crippen LogP contribution is 2.27. The van der Waals surface area contributed by atoms with Crippen molar-refractivity contribution >= 4 is 13.8 Å². The Morgan fingerprint density at radius 1 is 0.893 bits per heavy atom. The average Bonchev–Trinajstić information content (AvgIpc) is 2.75. The van der Waals surface area contributed by atoms with Gasteiger partial charge in [-0.25, -0.2) is 0 Å². The van der Waals surface area contributed by atoms with Gasteiger partial charge in [0.25, 0.3) is 0 Å². The van der Waals surface area contributed by atoms with E-state index in [1.807, 2.05) is 75.4 Å². The first kappa shape index (κ1) is 22.2. The zero-order valence-electron chi connectivity index (χ0n) is 17.3. The Balaban J connectivity index is 1.71. The summed E-state index contributed by atoms with van der Waals surface area (Å²) in [6, 6.07) is 20.1. The van der Waals surface area contributed by atoms with E-state index in [-0.39, 0.29) is 29.7 Å². The summed E-state index contributed by atoms with van der Waals surface area (Å²) < 4.78 is 16.8. The first-order valence-electron chi connectivity index (χ1n) is 9.90. The molecule has 0 aliphatic heterocycles. The fourth-order valence-electron chi connectivity index (χ4n) is 3.00. The molecule has 0 amide bonds. The summed E-state index contributed by atoms with van der Waals surface area (Å²) in [5.41, 5.74) is 2.24. The molecule has 0 fully saturated rings. The van der Waals surface area contributed by atoms with Crippen LogP contribution in [0.1, 0.15) is 37.0 Å². The van der Waals surface area contributed by atoms with Crippen LogP contribution in [-0.2, 0) is 19.0 Å². The SMILES string of the molecule is BC(C(=O)OCC(C)COCC(OC)c1ccccc1)C(C)c1ccccc1. The molecule has 5 heteroatoms. The molecule has 4 nitrogen and oxygen atoms in total. The second kappa shape index (κ2) is 11.7. The molecule has 0 aliphatic carbocycles. The molecule has 28 heavy (non-hydrogen) atoms. The molecule has 0 spiro atoms. The first-order valence-corrected chi connectivity index (χ1v) is 9.90. The summed E-state index contributed by atoms with van der Waals surface area (Å²) >= 11 is 0. The van der Waals surface area contributed by atoms with Crippen molar-refractivity contribution in [2.45, 2.75) is 31.7 Å². The van der Waals surface area contributed by atoms with Crippen molar-refractivity contribution in [3.05, 3.63) is 71.8 Å². The van der Waals surface area contributed by atoms with E-state index >= 15 is 0 Å². The molecule has 0 aromatic heterocycles. The third kappa shape index (κ3) is 6.81. The van der Waals surface area contributed by atoms with Crippen LogP contribution in [0.15, 0.2) is 60.7 Å². The lowest BCUT2D eigenvalue weighted by molar-refractivity contribution is -0.145. The van der Waals surface area contributed by atoms with E-state index in [1.54, 1.807) is 7.11 Å². The lowest BCUT2D eigenvalue weighted by atomic mass is 9.74. The Morgan fingerprint density at radius 2 is 1.46 bits per heavy atom. The molecule has 0 N–H and O–H groups in total. The van der Waals surface area contributed by atoms with Crippen LogP contribution in [0.25, 0.3) is 0 Å². The molecule has 150 valence electrons. The summed E-state index contributed by atoms with van der Waals surface area (Å²) in [5, 5.41) is 0. The van der Waals surface area contributed by atoms with Crippen LogP contribution >= 0.6 is 0 Å². The van der Waals surface area contributed by atoms with Gasteiger partial charge in [0.15, 0.2) is 0 Å². The average molecular weight is 382 g/mol. The number of esters is 1. The lowest BCUT2D eigenvalue weighted by Crippen LogP contribution is -2.23. The van der Waals surface area contributed by atoms with Crippen LogP contribution < -0.4 is 0 Å². The quantitative estimate of drug-likeness (QED) is 0.438. The van der Waals surface area contributed by atoms with Gasteiger partial charge < -0.3 is 14.2 Å². The topological polar surface area (TPSA) is 44.8 Å². The highest BCUT2D eigenvalue weighted by molar-refractivity contribution is 6.23. The molecular weight excluding hydrogens is 351 g/mol. The van der Waals surface area contributed by atoms with Crippen molar-refractivity contribution in [3.8, 4) is 0 Å². The Kier molecular flexibility index (Phi) is 9.25. The van der Waals surface area contributed by atoms with Crippen LogP contribution in [0.3, 0.4) is 0 Å². The van der Waals surface area contributed by atoms with Gasteiger partial charge in [-0.2, -0.15) is 0 Å². The van der Waals surface area contributed by atoms with Crippen LogP contribution in [0.5, 0.6) is 0 Å². The minimum absolute atomic E-state index is 0.0947. The molecule has 2 aromatic rings. The van der Waals surface area contributed by atoms with Crippen molar-refractivity contribution in [2.75, 3.05) is 26.9 Å². The molecule has 4 atom stereocenters. The molecule has 0 aliphatic rings. The standard InChI is InChI=1S/C23H31BO4/c1-17(14-27-16-21(26-3)20-12-8-5-9-13-20)15-28-23(25)22(24)18(2)19-10-6-4-7-11-19/h4-13,17-18,21-22H,14-16,24H2,1-3H3. The molecule has 0 saturated carbocycles. The zero-order valence-corrected chi connectivity index (χ0v) is 17.3. The van der Waals surface area contributed by atoms with Crippen LogP contribution in [0.4, 0.5) is 0 Å². The predicted molar refractivity (Wildman–Crippen MR) is 114 cm³/mol. The fraction of sp³-hybridized carbons (Fsp3) is 0.435. The summed E-state index contributed by atoms with van der Waals surface area (Å²) in [7, 11) is 3.60. The summed E-state index contributed by atoms with van der Waals surface area (Å²) in [5.74, 6) is -0.112. The largest absolute Gasteiger partial charge is 0.466 e. The maximum absolute atomic E-state index is 12.4. The molecule has 0 radical (unpaired) electrons. The van der Waals surface area contributed by atoms with Gasteiger partial charge in [0.05, 0.1) is 19.8 Å². The minimum Gasteiger partial charge on any atom is -0.466 e. The first-order chi connectivity index (χ1) is 13.5. The van der Waals surface area contributed by atoms with Crippen molar-refractivity contribution in [1.29, 1.82) is 0 Å². The van der Waals surface area contributed by atoms with Crippen molar-refractivity contribution < 1.29 is 19.0 Å². The van der Waals surface area contributed by atoms with E-state index in [0.717, 1.165) is 11.1 Å². The van der Waals surface area contributed by atoms with E-state index < -0.39 is 0 Å². The number of hydrogen-bond donors (Lipinski definition) is 0. The van der Waals surface area contributed by atoms with Gasteiger partial charge in [-0.1, -0.05) is 74.5 Å². The van der Waals surface area contributed by atoms with Crippen LogP contribution in [0.2, 0.25) is 5.82 Å². The Morgan fingerprint density at radius 3 is 2.04 bits per heavy atom. The van der Waals surface area contributed by atoms with Gasteiger partial charge in [-0.3, -0.25) is 4.79 Å². The van der Waals surface area contributed by atoms with Gasteiger partial charge in [-0.15, -0.1) is 0 Å². The Labute approximate surface area is 169 Å². The highest BCUT2D eigenvalue weighted by atomic mass is 16.5. The van der Waals surface area contributed by atoms with Gasteiger partial charge in [0.1, 0.15) is 14.0 Å². The smallest absolute Gasteiger partial charge is 0.301 e. The van der Waals surface area contributed by atoms with E-state index in [2.05, 4.69) is 6.92 Å². The molecule has 2 aromatic carbocycles. The normalized spacial score (nSPS) is 15.4. The van der Waals surface area contributed by atoms with Gasteiger partial charge in [0, 0.05) is 18.8 Å². The number of carbonyl (C=O) groups is 1. The van der Waals surface area contributed by atoms with E-state index in [0.29, 0.717) is 19.8 Å². The van der Waals surface area contributed by atoms with Crippen molar-refractivity contribution in [3.63, 3.8) is 0 Å². The molecule has 2 rings (SSSR count). The Hall–Kier alpha value is -2.11. The second-order valence-corrected chi connectivity index (χ2v) is 7.40. The van der Waals surface area contributed by atoms with Crippen molar-refractivity contribution in [1.82, 2.24) is 0 Å². The predicted octanol–water partition coefficient (Wildman–Crippen LogP) is 3.80. The molecular formula is C23H31BO4. The highest BCUT2D eigenvalue weighted by Gasteiger charge is 2.23. The van der Waals surface area contributed by atoms with Gasteiger partial charge in [-0.05, 0) is 17.0 Å². The maximum Gasteiger partial charge on any atom is 0.301 e. The summed E-state index contributed by atoms with van der Waals surface area (Å²) in [4.78, 5) is 12.4. The fourth-order valence-corrected chi connectivity index (χ4v) is 3.00. The number of benzene rings is 2. The van der Waals surface area contributed by atoms with E-state index in [4.69, 9.17) is 14.2 Å². The monoisotopic (exact) mass is 382 g/mol. The number of ether oxygens (including phenoxy) is 3. The second-order valence-electron chi connectivity index (χ2n) is 7.40. The van der Waals surface area contributed by atoms with Gasteiger partial charge >= 0.3 is 5.97 Å². The van der Waals surface area contributed by atoms with E-state index in [9.17, 15) is 4.79 Å². The van der Waals surface area contributed by atoms with E-state index in [1.165, 1.54) is 0 Å². The molecule has 0 heterocycles. The zero-order chi connectivity index (χ0) is 20.4. The van der Waals surface area contributed by atoms with Crippen LogP contribution in [-0.4, -0.2) is 40.7 Å². The molecule has 0 saturated heterocycles. The molecule has 0 bridgehead atoms. The number of rotatable bonds is 11. The number of hydrogen-bond acceptors (Lipinski definition) is 4. The minimum atomic E-state index is -0.188. The van der Waals surface area contributed by atoms with Crippen molar-refractivity contribution in [2.24, 2.45) is 5.92 Å². The molecule has 4 unspecified atom stereocenters. The Bertz CT molecular complexity index is 692. The number of carbonyl (C=O) groups excluding carboxylic acids is 1. The maximum atomic E-state index is 12.4. The summed E-state index contributed by atoms with van der Waals surface area (Å²) in [6.07, 6.45) is -0.0947. The summed E-state index contributed by atoms with van der Waals surface area (Å²) in [6.45, 7) is 5.42. The third-order valence-corrected chi connectivity index (χ3v) is 5.08. The lowest BCUT2D eigenvalue weighted by Gasteiger charge is -2.21. The van der Waals surface area contributed by atoms with Gasteiger partial charge in [0.2, 0.25) is 0 Å².